The number of aliphatic carboxylic acids is 1. The summed E-state index contributed by atoms with van der Waals surface area (Å²) in [6, 6.07) is 6.61. The van der Waals surface area contributed by atoms with Crippen molar-refractivity contribution in [2.24, 2.45) is 0 Å². The van der Waals surface area contributed by atoms with Crippen molar-refractivity contribution < 1.29 is 19.4 Å². The first-order valence-electron chi connectivity index (χ1n) is 5.37. The van der Waals surface area contributed by atoms with Crippen LogP contribution in [-0.4, -0.2) is 29.3 Å². The molecule has 1 N–H and O–H groups in total. The van der Waals surface area contributed by atoms with Crippen molar-refractivity contribution in [2.45, 2.75) is 18.9 Å². The maximum atomic E-state index is 11.7. The second kappa shape index (κ2) is 4.49. The molecular weight excluding hydrogens is 258 g/mol. The number of halogens is 1. The third-order valence-corrected chi connectivity index (χ3v) is 3.10. The minimum Gasteiger partial charge on any atom is -0.481 e. The Labute approximate surface area is 109 Å². The Hall–Kier alpha value is -1.75. The molecule has 1 amide bonds. The lowest BCUT2D eigenvalue weighted by Gasteiger charge is -2.30. The van der Waals surface area contributed by atoms with E-state index in [4.69, 9.17) is 21.4 Å². The van der Waals surface area contributed by atoms with Crippen LogP contribution in [0.4, 0.5) is 10.5 Å². The molecule has 1 aliphatic rings. The van der Waals surface area contributed by atoms with Crippen LogP contribution in [0.5, 0.6) is 0 Å². The van der Waals surface area contributed by atoms with Crippen molar-refractivity contribution in [2.75, 3.05) is 11.5 Å². The van der Waals surface area contributed by atoms with Crippen molar-refractivity contribution in [1.29, 1.82) is 0 Å². The molecule has 1 aromatic carbocycles. The van der Waals surface area contributed by atoms with Gasteiger partial charge in [-0.1, -0.05) is 11.6 Å². The molecule has 6 heteroatoms. The molecule has 1 unspecified atom stereocenters. The molecular formula is C12H12ClNO4. The summed E-state index contributed by atoms with van der Waals surface area (Å²) in [5.74, 6) is -0.977. The average Bonchev–Trinajstić information content (AvgIpc) is 2.55. The van der Waals surface area contributed by atoms with Crippen LogP contribution in [0.25, 0.3) is 0 Å². The fourth-order valence-electron chi connectivity index (χ4n) is 2.03. The van der Waals surface area contributed by atoms with Gasteiger partial charge in [-0.15, -0.1) is 0 Å². The third kappa shape index (κ3) is 2.26. The number of rotatable bonds is 3. The number of anilines is 1. The first-order valence-corrected chi connectivity index (χ1v) is 5.74. The summed E-state index contributed by atoms with van der Waals surface area (Å²) in [6.45, 7) is 1.74. The predicted molar refractivity (Wildman–Crippen MR) is 65.9 cm³/mol. The van der Waals surface area contributed by atoms with Gasteiger partial charge < -0.3 is 9.84 Å². The lowest BCUT2D eigenvalue weighted by molar-refractivity contribution is -0.138. The van der Waals surface area contributed by atoms with E-state index in [2.05, 4.69) is 0 Å². The van der Waals surface area contributed by atoms with Crippen molar-refractivity contribution in [3.8, 4) is 0 Å². The largest absolute Gasteiger partial charge is 0.481 e. The van der Waals surface area contributed by atoms with Gasteiger partial charge in [0.1, 0.15) is 6.61 Å². The SMILES string of the molecule is CC1(CC(=O)O)COC(=O)N1c1ccc(Cl)cc1. The first kappa shape index (κ1) is 12.7. The molecule has 5 nitrogen and oxygen atoms in total. The maximum Gasteiger partial charge on any atom is 0.415 e. The molecule has 1 saturated heterocycles. The van der Waals surface area contributed by atoms with Crippen LogP contribution in [0.2, 0.25) is 5.02 Å². The van der Waals surface area contributed by atoms with E-state index in [1.807, 2.05) is 0 Å². The van der Waals surface area contributed by atoms with Gasteiger partial charge in [0.15, 0.2) is 0 Å². The zero-order chi connectivity index (χ0) is 13.3. The van der Waals surface area contributed by atoms with Crippen LogP contribution in [-0.2, 0) is 9.53 Å². The third-order valence-electron chi connectivity index (χ3n) is 2.85. The van der Waals surface area contributed by atoms with E-state index in [-0.39, 0.29) is 13.0 Å². The highest BCUT2D eigenvalue weighted by Crippen LogP contribution is 2.33. The number of carbonyl (C=O) groups is 2. The van der Waals surface area contributed by atoms with Crippen LogP contribution < -0.4 is 4.90 Å². The second-order valence-corrected chi connectivity index (χ2v) is 4.87. The van der Waals surface area contributed by atoms with Gasteiger partial charge in [-0.25, -0.2) is 4.79 Å². The van der Waals surface area contributed by atoms with Gasteiger partial charge in [-0.3, -0.25) is 9.69 Å². The van der Waals surface area contributed by atoms with E-state index < -0.39 is 17.6 Å². The molecule has 0 saturated carbocycles. The molecule has 0 aliphatic carbocycles. The van der Waals surface area contributed by atoms with Gasteiger partial charge in [0.25, 0.3) is 0 Å². The molecule has 1 atom stereocenters. The number of carboxylic acids is 1. The molecule has 1 heterocycles. The highest BCUT2D eigenvalue weighted by atomic mass is 35.5. The van der Waals surface area contributed by atoms with Gasteiger partial charge >= 0.3 is 12.1 Å². The number of nitrogens with zero attached hydrogens (tertiary/aromatic N) is 1. The Morgan fingerprint density at radius 3 is 2.67 bits per heavy atom. The number of carboxylic acid groups (broad SMARTS) is 1. The summed E-state index contributed by atoms with van der Waals surface area (Å²) in [5, 5.41) is 9.47. The molecule has 0 aromatic heterocycles. The number of ether oxygens (including phenoxy) is 1. The van der Waals surface area contributed by atoms with Crippen LogP contribution in [0, 0.1) is 0 Å². The van der Waals surface area contributed by atoms with Crippen LogP contribution in [0.3, 0.4) is 0 Å². The summed E-state index contributed by atoms with van der Waals surface area (Å²) in [5.41, 5.74) is -0.304. The molecule has 0 spiro atoms. The van der Waals surface area contributed by atoms with Crippen molar-refractivity contribution in [1.82, 2.24) is 0 Å². The normalized spacial score (nSPS) is 23.0. The van der Waals surface area contributed by atoms with E-state index in [1.54, 1.807) is 31.2 Å². The lowest BCUT2D eigenvalue weighted by atomic mass is 9.97. The van der Waals surface area contributed by atoms with Crippen LogP contribution >= 0.6 is 11.6 Å². The standard InChI is InChI=1S/C12H12ClNO4/c1-12(6-10(15)16)7-18-11(17)14(12)9-4-2-8(13)3-5-9/h2-5H,6-7H2,1H3,(H,15,16). The number of hydrogen-bond acceptors (Lipinski definition) is 3. The first-order chi connectivity index (χ1) is 8.42. The molecule has 96 valence electrons. The Morgan fingerprint density at radius 1 is 1.50 bits per heavy atom. The Balaban J connectivity index is 2.35. The van der Waals surface area contributed by atoms with Crippen LogP contribution in [0.1, 0.15) is 13.3 Å². The average molecular weight is 270 g/mol. The summed E-state index contributed by atoms with van der Waals surface area (Å²) in [4.78, 5) is 24.0. The van der Waals surface area contributed by atoms with E-state index in [0.717, 1.165) is 0 Å². The number of hydrogen-bond donors (Lipinski definition) is 1. The van der Waals surface area contributed by atoms with E-state index in [1.165, 1.54) is 4.90 Å². The zero-order valence-corrected chi connectivity index (χ0v) is 10.5. The molecule has 1 aliphatic heterocycles. The van der Waals surface area contributed by atoms with Gasteiger partial charge in [0.2, 0.25) is 0 Å². The molecule has 1 aromatic rings. The minimum atomic E-state index is -0.977. The summed E-state index contributed by atoms with van der Waals surface area (Å²) in [7, 11) is 0. The van der Waals surface area contributed by atoms with Crippen molar-refractivity contribution in [3.05, 3.63) is 29.3 Å². The number of benzene rings is 1. The van der Waals surface area contributed by atoms with Gasteiger partial charge in [-0.05, 0) is 31.2 Å². The minimum absolute atomic E-state index is 0.0563. The van der Waals surface area contributed by atoms with E-state index in [9.17, 15) is 9.59 Å². The lowest BCUT2D eigenvalue weighted by Crippen LogP contribution is -2.46. The van der Waals surface area contributed by atoms with Crippen molar-refractivity contribution >= 4 is 29.4 Å². The summed E-state index contributed by atoms with van der Waals surface area (Å²) in [6.07, 6.45) is -0.720. The topological polar surface area (TPSA) is 66.8 Å². The molecule has 18 heavy (non-hydrogen) atoms. The molecule has 0 bridgehead atoms. The Morgan fingerprint density at radius 2 is 2.11 bits per heavy atom. The van der Waals surface area contributed by atoms with Gasteiger partial charge in [0, 0.05) is 10.7 Å². The highest BCUT2D eigenvalue weighted by molar-refractivity contribution is 6.30. The number of cyclic esters (lactones) is 1. The predicted octanol–water partition coefficient (Wildman–Crippen LogP) is 2.53. The molecule has 0 radical (unpaired) electrons. The van der Waals surface area contributed by atoms with Gasteiger partial charge in [-0.2, -0.15) is 0 Å². The molecule has 2 rings (SSSR count). The Kier molecular flexibility index (Phi) is 3.17. The fourth-order valence-corrected chi connectivity index (χ4v) is 2.16. The smallest absolute Gasteiger partial charge is 0.415 e. The van der Waals surface area contributed by atoms with Crippen molar-refractivity contribution in [3.63, 3.8) is 0 Å². The van der Waals surface area contributed by atoms with E-state index in [0.29, 0.717) is 10.7 Å². The van der Waals surface area contributed by atoms with Gasteiger partial charge in [0.05, 0.1) is 12.0 Å². The quantitative estimate of drug-likeness (QED) is 0.916. The monoisotopic (exact) mass is 269 g/mol. The molecule has 1 fully saturated rings. The van der Waals surface area contributed by atoms with E-state index >= 15 is 0 Å². The highest BCUT2D eigenvalue weighted by Gasteiger charge is 2.46. The fraction of sp³-hybridized carbons (Fsp3) is 0.333. The number of carbonyl (C=O) groups excluding carboxylic acids is 1. The zero-order valence-electron chi connectivity index (χ0n) is 9.72. The summed E-state index contributed by atoms with van der Waals surface area (Å²) >= 11 is 5.78. The summed E-state index contributed by atoms with van der Waals surface area (Å²) < 4.78 is 4.96. The van der Waals surface area contributed by atoms with Crippen LogP contribution in [0.15, 0.2) is 24.3 Å². The second-order valence-electron chi connectivity index (χ2n) is 4.43. The maximum absolute atomic E-state index is 11.7. The Bertz CT molecular complexity index is 487. The number of amides is 1.